The zero-order valence-electron chi connectivity index (χ0n) is 18.1. The molecule has 34 heavy (non-hydrogen) atoms. The van der Waals surface area contributed by atoms with Crippen molar-refractivity contribution in [3.8, 4) is 0 Å². The lowest BCUT2D eigenvalue weighted by atomic mass is 10.0. The average Bonchev–Trinajstić information content (AvgIpc) is 3.54. The summed E-state index contributed by atoms with van der Waals surface area (Å²) >= 11 is 3.37. The molecule has 1 aliphatic heterocycles. The molecule has 10 heteroatoms. The molecule has 6 nitrogen and oxygen atoms in total. The van der Waals surface area contributed by atoms with E-state index < -0.39 is 11.7 Å². The van der Waals surface area contributed by atoms with Gasteiger partial charge < -0.3 is 15.4 Å². The van der Waals surface area contributed by atoms with Crippen LogP contribution < -0.4 is 5.73 Å². The van der Waals surface area contributed by atoms with Gasteiger partial charge in [0.15, 0.2) is 0 Å². The van der Waals surface area contributed by atoms with Crippen LogP contribution in [0.3, 0.4) is 0 Å². The van der Waals surface area contributed by atoms with E-state index in [0.717, 1.165) is 30.5 Å². The Bertz CT molecular complexity index is 1230. The van der Waals surface area contributed by atoms with Crippen molar-refractivity contribution >= 4 is 38.6 Å². The number of rotatable bonds is 5. The lowest BCUT2D eigenvalue weighted by molar-refractivity contribution is -0.137. The molecule has 3 heterocycles. The number of pyridine rings is 2. The molecule has 3 aromatic rings. The van der Waals surface area contributed by atoms with Gasteiger partial charge in [-0.15, -0.1) is 0 Å². The van der Waals surface area contributed by atoms with E-state index in [2.05, 4.69) is 25.9 Å². The highest BCUT2D eigenvalue weighted by molar-refractivity contribution is 9.10. The number of amides is 1. The summed E-state index contributed by atoms with van der Waals surface area (Å²) in [6.45, 7) is 0.639. The number of halogens is 4. The standard InChI is InChI=1S/C24H22BrF3N4O2/c25-18-10-15-9-14(3-6-19(15)31-22(18)29)23(33)32(20-7-8-34-21(20)13-1-2-13)12-17-5-4-16(11-30-17)24(26,27)28/h3-6,9-11,13,20-21H,1-2,7-8,12H2,(H2,29,31)/t20-,21-/m0/s1. The molecule has 2 aliphatic rings. The predicted octanol–water partition coefficient (Wildman–Crippen LogP) is 5.20. The van der Waals surface area contributed by atoms with Gasteiger partial charge in [0.25, 0.3) is 5.91 Å². The van der Waals surface area contributed by atoms with Crippen LogP contribution in [0.25, 0.3) is 10.9 Å². The maximum Gasteiger partial charge on any atom is 0.417 e. The number of aromatic nitrogens is 2. The maximum absolute atomic E-state index is 13.8. The summed E-state index contributed by atoms with van der Waals surface area (Å²) in [5.74, 6) is 0.540. The van der Waals surface area contributed by atoms with Crippen molar-refractivity contribution in [2.45, 2.75) is 44.1 Å². The molecule has 1 saturated heterocycles. The van der Waals surface area contributed by atoms with Gasteiger partial charge in [0, 0.05) is 23.8 Å². The molecule has 1 aromatic carbocycles. The van der Waals surface area contributed by atoms with Crippen LogP contribution in [0.2, 0.25) is 0 Å². The van der Waals surface area contributed by atoms with Crippen LogP contribution in [0.4, 0.5) is 19.0 Å². The number of carbonyl (C=O) groups excluding carboxylic acids is 1. The number of anilines is 1. The first-order chi connectivity index (χ1) is 16.2. The van der Waals surface area contributed by atoms with Crippen molar-refractivity contribution in [1.29, 1.82) is 0 Å². The molecule has 1 saturated carbocycles. The average molecular weight is 535 g/mol. The second kappa shape index (κ2) is 8.81. The van der Waals surface area contributed by atoms with Gasteiger partial charge in [-0.25, -0.2) is 4.98 Å². The number of nitrogens with two attached hydrogens (primary N) is 1. The molecule has 2 fully saturated rings. The number of ether oxygens (including phenoxy) is 1. The monoisotopic (exact) mass is 534 g/mol. The van der Waals surface area contributed by atoms with E-state index in [9.17, 15) is 18.0 Å². The Morgan fingerprint density at radius 2 is 1.97 bits per heavy atom. The fourth-order valence-corrected chi connectivity index (χ4v) is 4.81. The van der Waals surface area contributed by atoms with E-state index in [-0.39, 0.29) is 24.6 Å². The van der Waals surface area contributed by atoms with Crippen molar-refractivity contribution in [2.24, 2.45) is 5.92 Å². The molecule has 0 bridgehead atoms. The third-order valence-electron chi connectivity index (χ3n) is 6.38. The van der Waals surface area contributed by atoms with Crippen molar-refractivity contribution in [1.82, 2.24) is 14.9 Å². The Labute approximate surface area is 202 Å². The van der Waals surface area contributed by atoms with Gasteiger partial charge in [-0.2, -0.15) is 13.2 Å². The highest BCUT2D eigenvalue weighted by Crippen LogP contribution is 2.41. The van der Waals surface area contributed by atoms with Gasteiger partial charge in [-0.1, -0.05) is 0 Å². The number of hydrogen-bond acceptors (Lipinski definition) is 5. The van der Waals surface area contributed by atoms with E-state index in [4.69, 9.17) is 10.5 Å². The van der Waals surface area contributed by atoms with Gasteiger partial charge in [0.05, 0.1) is 39.9 Å². The molecule has 2 N–H and O–H groups in total. The predicted molar refractivity (Wildman–Crippen MR) is 124 cm³/mol. The van der Waals surface area contributed by atoms with Crippen molar-refractivity contribution < 1.29 is 22.7 Å². The highest BCUT2D eigenvalue weighted by atomic mass is 79.9. The number of fused-ring (bicyclic) bond motifs is 1. The van der Waals surface area contributed by atoms with Crippen molar-refractivity contribution in [3.63, 3.8) is 0 Å². The second-order valence-electron chi connectivity index (χ2n) is 8.76. The van der Waals surface area contributed by atoms with Crippen molar-refractivity contribution in [2.75, 3.05) is 12.3 Å². The number of carbonyl (C=O) groups is 1. The molecule has 1 amide bonds. The Morgan fingerprint density at radius 3 is 2.65 bits per heavy atom. The Balaban J connectivity index is 1.48. The third kappa shape index (κ3) is 4.61. The van der Waals surface area contributed by atoms with Crippen LogP contribution in [0.1, 0.15) is 40.9 Å². The fraction of sp³-hybridized carbons (Fsp3) is 0.375. The highest BCUT2D eigenvalue weighted by Gasteiger charge is 2.44. The third-order valence-corrected chi connectivity index (χ3v) is 7.01. The first-order valence-electron chi connectivity index (χ1n) is 11.0. The summed E-state index contributed by atoms with van der Waals surface area (Å²) in [6, 6.07) is 9.15. The molecule has 178 valence electrons. The minimum atomic E-state index is -4.46. The zero-order chi connectivity index (χ0) is 24.0. The first kappa shape index (κ1) is 23.0. The Hall–Kier alpha value is -2.72. The summed E-state index contributed by atoms with van der Waals surface area (Å²) in [7, 11) is 0. The van der Waals surface area contributed by atoms with Gasteiger partial charge in [0.1, 0.15) is 5.82 Å². The minimum absolute atomic E-state index is 0.0746. The minimum Gasteiger partial charge on any atom is -0.383 e. The van der Waals surface area contributed by atoms with Crippen LogP contribution in [0, 0.1) is 5.92 Å². The van der Waals surface area contributed by atoms with Crippen LogP contribution in [-0.2, 0) is 17.5 Å². The lowest BCUT2D eigenvalue weighted by Crippen LogP contribution is -2.45. The van der Waals surface area contributed by atoms with Crippen molar-refractivity contribution in [3.05, 3.63) is 63.9 Å². The Kier molecular flexibility index (Phi) is 5.97. The fourth-order valence-electron chi connectivity index (χ4n) is 4.47. The topological polar surface area (TPSA) is 81.3 Å². The van der Waals surface area contributed by atoms with E-state index in [0.29, 0.717) is 46.0 Å². The summed E-state index contributed by atoms with van der Waals surface area (Å²) < 4.78 is 45.5. The van der Waals surface area contributed by atoms with Gasteiger partial charge in [0.2, 0.25) is 0 Å². The molecule has 2 aromatic heterocycles. The molecule has 1 aliphatic carbocycles. The van der Waals surface area contributed by atoms with E-state index in [1.807, 2.05) is 6.07 Å². The molecule has 0 radical (unpaired) electrons. The van der Waals surface area contributed by atoms with E-state index in [1.165, 1.54) is 6.07 Å². The van der Waals surface area contributed by atoms with Crippen LogP contribution in [-0.4, -0.2) is 39.5 Å². The van der Waals surface area contributed by atoms with E-state index >= 15 is 0 Å². The summed E-state index contributed by atoms with van der Waals surface area (Å²) in [4.78, 5) is 23.8. The molecule has 0 spiro atoms. The summed E-state index contributed by atoms with van der Waals surface area (Å²) in [5, 5.41) is 0.751. The zero-order valence-corrected chi connectivity index (χ0v) is 19.6. The number of benzene rings is 1. The number of alkyl halides is 3. The van der Waals surface area contributed by atoms with Gasteiger partial charge in [-0.3, -0.25) is 9.78 Å². The largest absolute Gasteiger partial charge is 0.417 e. The first-order valence-corrected chi connectivity index (χ1v) is 11.8. The SMILES string of the molecule is Nc1nc2ccc(C(=O)N(Cc3ccc(C(F)(F)F)cn3)[C@H]3CCO[C@H]3C3CC3)cc2cc1Br. The number of hydrogen-bond donors (Lipinski definition) is 1. The van der Waals surface area contributed by atoms with E-state index in [1.54, 1.807) is 23.1 Å². The molecule has 2 atom stereocenters. The molecular weight excluding hydrogens is 513 g/mol. The van der Waals surface area contributed by atoms with Crippen LogP contribution in [0.5, 0.6) is 0 Å². The van der Waals surface area contributed by atoms with Gasteiger partial charge >= 0.3 is 6.18 Å². The lowest BCUT2D eigenvalue weighted by Gasteiger charge is -2.32. The second-order valence-corrected chi connectivity index (χ2v) is 9.62. The maximum atomic E-state index is 13.8. The number of nitrogen functional groups attached to an aromatic ring is 1. The smallest absolute Gasteiger partial charge is 0.383 e. The Morgan fingerprint density at radius 1 is 1.18 bits per heavy atom. The van der Waals surface area contributed by atoms with Crippen LogP contribution in [0.15, 0.2) is 47.1 Å². The molecule has 5 rings (SSSR count). The molecular formula is C24H22BrF3N4O2. The van der Waals surface area contributed by atoms with Gasteiger partial charge in [-0.05, 0) is 77.5 Å². The molecule has 0 unspecified atom stereocenters. The van der Waals surface area contributed by atoms with Crippen LogP contribution >= 0.6 is 15.9 Å². The summed E-state index contributed by atoms with van der Waals surface area (Å²) in [6.07, 6.45) is -0.948. The normalized spacial score (nSPS) is 20.6. The quantitative estimate of drug-likeness (QED) is 0.486. The summed E-state index contributed by atoms with van der Waals surface area (Å²) in [5.41, 5.74) is 6.55. The number of nitrogens with zero attached hydrogens (tertiary/aromatic N) is 3.